The van der Waals surface area contributed by atoms with Crippen LogP contribution in [0.3, 0.4) is 0 Å². The monoisotopic (exact) mass is 391 g/mol. The van der Waals surface area contributed by atoms with Crippen LogP contribution in [0.4, 0.5) is 0 Å². The minimum atomic E-state index is -0.963. The summed E-state index contributed by atoms with van der Waals surface area (Å²) >= 11 is 0. The lowest BCUT2D eigenvalue weighted by Gasteiger charge is -2.39. The topological polar surface area (TPSA) is 83.3 Å². The number of pyridine rings is 1. The average molecular weight is 391 g/mol. The second-order valence-electron chi connectivity index (χ2n) is 7.44. The number of para-hydroxylation sites is 1. The molecule has 2 aromatic rings. The van der Waals surface area contributed by atoms with E-state index >= 15 is 0 Å². The molecule has 0 radical (unpaired) electrons. The summed E-state index contributed by atoms with van der Waals surface area (Å²) in [5.41, 5.74) is 0.776. The van der Waals surface area contributed by atoms with Crippen molar-refractivity contribution in [2.24, 2.45) is 0 Å². The Labute approximate surface area is 170 Å². The van der Waals surface area contributed by atoms with E-state index in [1.54, 1.807) is 19.3 Å². The van der Waals surface area contributed by atoms with Crippen molar-refractivity contribution in [3.8, 4) is 6.07 Å². The highest BCUT2D eigenvalue weighted by Crippen LogP contribution is 2.32. The zero-order chi connectivity index (χ0) is 20.9. The first-order chi connectivity index (χ1) is 14.0. The summed E-state index contributed by atoms with van der Waals surface area (Å²) in [5, 5.41) is 10.6. The maximum atomic E-state index is 12.8. The summed E-state index contributed by atoms with van der Waals surface area (Å²) in [5.74, 6) is -0.969. The summed E-state index contributed by atoms with van der Waals surface area (Å²) in [6.45, 7) is 1.54. The number of nitriles is 1. The molecule has 0 aliphatic heterocycles. The van der Waals surface area contributed by atoms with Gasteiger partial charge in [0.1, 0.15) is 5.54 Å². The fourth-order valence-corrected chi connectivity index (χ4v) is 3.83. The van der Waals surface area contributed by atoms with Gasteiger partial charge in [-0.15, -0.1) is 0 Å². The number of hydrogen-bond acceptors (Lipinski definition) is 5. The zero-order valence-corrected chi connectivity index (χ0v) is 16.8. The number of carbonyl (C=O) groups is 2. The van der Waals surface area contributed by atoms with Gasteiger partial charge in [0.15, 0.2) is 6.10 Å². The van der Waals surface area contributed by atoms with E-state index < -0.39 is 17.6 Å². The van der Waals surface area contributed by atoms with E-state index in [1.807, 2.05) is 30.3 Å². The summed E-state index contributed by atoms with van der Waals surface area (Å²) in [6, 6.07) is 11.8. The molecule has 1 heterocycles. The van der Waals surface area contributed by atoms with Gasteiger partial charge in [-0.2, -0.15) is 5.26 Å². The number of rotatable bonds is 5. The summed E-state index contributed by atoms with van der Waals surface area (Å²) in [4.78, 5) is 30.8. The SMILES string of the molecule is CC(OC(=O)/C=C/c1cccc2cccnc12)C(=O)N(C)C1(C#N)CCCCC1. The number of ether oxygens (including phenoxy) is 1. The Morgan fingerprint density at radius 2 is 1.97 bits per heavy atom. The third-order valence-electron chi connectivity index (χ3n) is 5.57. The van der Waals surface area contributed by atoms with Gasteiger partial charge in [0.25, 0.3) is 5.91 Å². The molecular formula is C23H25N3O3. The normalized spacial score (nSPS) is 16.9. The molecule has 1 fully saturated rings. The van der Waals surface area contributed by atoms with E-state index in [2.05, 4.69) is 11.1 Å². The Balaban J connectivity index is 1.66. The van der Waals surface area contributed by atoms with Crippen LogP contribution in [0.2, 0.25) is 0 Å². The smallest absolute Gasteiger partial charge is 0.331 e. The standard InChI is InChI=1S/C23H25N3O3/c1-17(22(28)26(2)23(16-24)13-4-3-5-14-23)29-20(27)12-11-19-9-6-8-18-10-7-15-25-21(18)19/h6-12,15,17H,3-5,13-14H2,1-2H3/b12-11+. The number of carbonyl (C=O) groups excluding carboxylic acids is 2. The number of esters is 1. The number of aromatic nitrogens is 1. The molecule has 1 aromatic carbocycles. The number of nitrogens with zero attached hydrogens (tertiary/aromatic N) is 3. The molecule has 0 spiro atoms. The Bertz CT molecular complexity index is 965. The summed E-state index contributed by atoms with van der Waals surface area (Å²) < 4.78 is 5.30. The number of hydrogen-bond donors (Lipinski definition) is 0. The predicted octanol–water partition coefficient (Wildman–Crippen LogP) is 3.86. The minimum absolute atomic E-state index is 0.359. The molecule has 1 saturated carbocycles. The minimum Gasteiger partial charge on any atom is -0.449 e. The average Bonchev–Trinajstić information content (AvgIpc) is 2.77. The van der Waals surface area contributed by atoms with Crippen LogP contribution in [0.15, 0.2) is 42.6 Å². The van der Waals surface area contributed by atoms with Gasteiger partial charge in [0, 0.05) is 30.3 Å². The summed E-state index contributed by atoms with van der Waals surface area (Å²) in [6.07, 6.45) is 7.89. The third kappa shape index (κ3) is 4.45. The van der Waals surface area contributed by atoms with Crippen LogP contribution in [0.25, 0.3) is 17.0 Å². The number of fused-ring (bicyclic) bond motifs is 1. The van der Waals surface area contributed by atoms with Crippen LogP contribution in [0, 0.1) is 11.3 Å². The highest BCUT2D eigenvalue weighted by atomic mass is 16.5. The van der Waals surface area contributed by atoms with Crippen molar-refractivity contribution in [1.29, 1.82) is 5.26 Å². The Morgan fingerprint density at radius 3 is 2.69 bits per heavy atom. The maximum absolute atomic E-state index is 12.8. The molecule has 1 atom stereocenters. The Kier molecular flexibility index (Phi) is 6.28. The fourth-order valence-electron chi connectivity index (χ4n) is 3.83. The van der Waals surface area contributed by atoms with Crippen molar-refractivity contribution >= 4 is 28.9 Å². The van der Waals surface area contributed by atoms with E-state index in [4.69, 9.17) is 4.74 Å². The van der Waals surface area contributed by atoms with Crippen LogP contribution < -0.4 is 0 Å². The second kappa shape index (κ2) is 8.87. The van der Waals surface area contributed by atoms with Crippen LogP contribution in [-0.2, 0) is 14.3 Å². The van der Waals surface area contributed by atoms with E-state index in [-0.39, 0.29) is 5.91 Å². The third-order valence-corrected chi connectivity index (χ3v) is 5.57. The van der Waals surface area contributed by atoms with Crippen LogP contribution in [0.5, 0.6) is 0 Å². The maximum Gasteiger partial charge on any atom is 0.331 e. The van der Waals surface area contributed by atoms with Gasteiger partial charge in [-0.05, 0) is 31.9 Å². The van der Waals surface area contributed by atoms with Gasteiger partial charge in [0.2, 0.25) is 0 Å². The molecule has 3 rings (SSSR count). The molecule has 1 amide bonds. The molecule has 1 unspecified atom stereocenters. The molecule has 0 N–H and O–H groups in total. The molecule has 1 aliphatic carbocycles. The number of likely N-dealkylation sites (N-methyl/N-ethyl adjacent to an activating group) is 1. The summed E-state index contributed by atoms with van der Waals surface area (Å²) in [7, 11) is 1.62. The largest absolute Gasteiger partial charge is 0.449 e. The van der Waals surface area contributed by atoms with Gasteiger partial charge < -0.3 is 9.64 Å². The first kappa shape index (κ1) is 20.5. The van der Waals surface area contributed by atoms with Crippen molar-refractivity contribution in [3.63, 3.8) is 0 Å². The van der Waals surface area contributed by atoms with Crippen LogP contribution in [-0.4, -0.2) is 40.5 Å². The van der Waals surface area contributed by atoms with E-state index in [0.717, 1.165) is 35.7 Å². The molecular weight excluding hydrogens is 366 g/mol. The lowest BCUT2D eigenvalue weighted by Crippen LogP contribution is -2.53. The van der Waals surface area contributed by atoms with Gasteiger partial charge in [-0.25, -0.2) is 4.79 Å². The van der Waals surface area contributed by atoms with Crippen molar-refractivity contribution in [2.75, 3.05) is 7.05 Å². The number of benzene rings is 1. The molecule has 1 aromatic heterocycles. The second-order valence-corrected chi connectivity index (χ2v) is 7.44. The van der Waals surface area contributed by atoms with Crippen molar-refractivity contribution in [3.05, 3.63) is 48.2 Å². The Morgan fingerprint density at radius 1 is 1.24 bits per heavy atom. The van der Waals surface area contributed by atoms with E-state index in [0.29, 0.717) is 12.8 Å². The van der Waals surface area contributed by atoms with Crippen molar-refractivity contribution in [1.82, 2.24) is 9.88 Å². The zero-order valence-electron chi connectivity index (χ0n) is 16.8. The lowest BCUT2D eigenvalue weighted by atomic mass is 9.81. The molecule has 29 heavy (non-hydrogen) atoms. The predicted molar refractivity (Wildman–Crippen MR) is 111 cm³/mol. The number of amides is 1. The molecule has 6 heteroatoms. The highest BCUT2D eigenvalue weighted by molar-refractivity contribution is 5.94. The molecule has 0 bridgehead atoms. The van der Waals surface area contributed by atoms with Gasteiger partial charge in [0.05, 0.1) is 11.6 Å². The Hall–Kier alpha value is -3.20. The molecule has 0 saturated heterocycles. The molecule has 150 valence electrons. The van der Waals surface area contributed by atoms with Crippen LogP contribution in [0.1, 0.15) is 44.6 Å². The lowest BCUT2D eigenvalue weighted by molar-refractivity contribution is -0.157. The van der Waals surface area contributed by atoms with E-state index in [9.17, 15) is 14.9 Å². The van der Waals surface area contributed by atoms with Crippen molar-refractivity contribution in [2.45, 2.75) is 50.7 Å². The van der Waals surface area contributed by atoms with Crippen molar-refractivity contribution < 1.29 is 14.3 Å². The first-order valence-electron chi connectivity index (χ1n) is 9.88. The fraction of sp³-hybridized carbons (Fsp3) is 0.391. The van der Waals surface area contributed by atoms with Gasteiger partial charge >= 0.3 is 5.97 Å². The van der Waals surface area contributed by atoms with Crippen LogP contribution >= 0.6 is 0 Å². The van der Waals surface area contributed by atoms with Gasteiger partial charge in [-0.3, -0.25) is 9.78 Å². The van der Waals surface area contributed by atoms with E-state index in [1.165, 1.54) is 17.9 Å². The highest BCUT2D eigenvalue weighted by Gasteiger charge is 2.40. The van der Waals surface area contributed by atoms with Gasteiger partial charge in [-0.1, -0.05) is 43.5 Å². The molecule has 1 aliphatic rings. The first-order valence-corrected chi connectivity index (χ1v) is 9.88. The quantitative estimate of drug-likeness (QED) is 0.571. The molecule has 6 nitrogen and oxygen atoms in total.